The Bertz CT molecular complexity index is 539. The summed E-state index contributed by atoms with van der Waals surface area (Å²) in [5.74, 6) is 0.107. The van der Waals surface area contributed by atoms with Crippen LogP contribution in [0.5, 0.6) is 0 Å². The molecule has 0 atom stereocenters. The molecular formula is C12H13ClN4. The largest absolute Gasteiger partial charge is 0.384 e. The van der Waals surface area contributed by atoms with E-state index in [1.165, 1.54) is 0 Å². The summed E-state index contributed by atoms with van der Waals surface area (Å²) in [7, 11) is 0. The Kier molecular flexibility index (Phi) is 3.70. The first-order chi connectivity index (χ1) is 7.58. The van der Waals surface area contributed by atoms with Gasteiger partial charge in [-0.25, -0.2) is 0 Å². The van der Waals surface area contributed by atoms with Crippen LogP contribution >= 0.6 is 12.4 Å². The van der Waals surface area contributed by atoms with Gasteiger partial charge in [-0.2, -0.15) is 0 Å². The van der Waals surface area contributed by atoms with Crippen molar-refractivity contribution in [2.45, 2.75) is 0 Å². The molecule has 0 aliphatic carbocycles. The minimum Gasteiger partial charge on any atom is -0.384 e. The van der Waals surface area contributed by atoms with Crippen molar-refractivity contribution in [3.05, 3.63) is 47.5 Å². The fourth-order valence-corrected chi connectivity index (χ4v) is 1.58. The Balaban J connectivity index is 0.00000144. The van der Waals surface area contributed by atoms with Crippen LogP contribution in [-0.2, 0) is 0 Å². The summed E-state index contributed by atoms with van der Waals surface area (Å²) >= 11 is 0. The number of nitrogen functional groups attached to an aromatic ring is 2. The predicted octanol–water partition coefficient (Wildman–Crippen LogP) is 1.83. The first kappa shape index (κ1) is 13.0. The van der Waals surface area contributed by atoms with Gasteiger partial charge < -0.3 is 11.5 Å². The number of benzene rings is 2. The highest BCUT2D eigenvalue weighted by Crippen LogP contribution is 2.17. The highest BCUT2D eigenvalue weighted by Gasteiger charge is 2.01. The third-order valence-electron chi connectivity index (χ3n) is 2.46. The Morgan fingerprint density at radius 1 is 0.765 bits per heavy atom. The fourth-order valence-electron chi connectivity index (χ4n) is 1.58. The van der Waals surface area contributed by atoms with Gasteiger partial charge in [0.05, 0.1) is 0 Å². The lowest BCUT2D eigenvalue weighted by molar-refractivity contribution is 1.42. The van der Waals surface area contributed by atoms with Crippen LogP contribution in [0.15, 0.2) is 36.4 Å². The second-order valence-electron chi connectivity index (χ2n) is 3.60. The quantitative estimate of drug-likeness (QED) is 0.481. The summed E-state index contributed by atoms with van der Waals surface area (Å²) < 4.78 is 0. The molecule has 0 aliphatic rings. The summed E-state index contributed by atoms with van der Waals surface area (Å²) in [4.78, 5) is 0. The summed E-state index contributed by atoms with van der Waals surface area (Å²) in [6.07, 6.45) is 0. The summed E-state index contributed by atoms with van der Waals surface area (Å²) in [5, 5.41) is 16.7. The topological polar surface area (TPSA) is 99.7 Å². The Morgan fingerprint density at radius 3 is 1.41 bits per heavy atom. The number of hydrogen-bond donors (Lipinski definition) is 4. The van der Waals surface area contributed by atoms with Crippen molar-refractivity contribution in [2.75, 3.05) is 0 Å². The van der Waals surface area contributed by atoms with E-state index in [-0.39, 0.29) is 24.1 Å². The molecule has 0 spiro atoms. The van der Waals surface area contributed by atoms with Crippen LogP contribution in [0.3, 0.4) is 0 Å². The van der Waals surface area contributed by atoms with Crippen LogP contribution in [0.2, 0.25) is 0 Å². The zero-order valence-corrected chi connectivity index (χ0v) is 9.84. The van der Waals surface area contributed by atoms with E-state index in [1.54, 1.807) is 12.1 Å². The molecule has 17 heavy (non-hydrogen) atoms. The second-order valence-corrected chi connectivity index (χ2v) is 3.60. The molecule has 0 aromatic heterocycles. The van der Waals surface area contributed by atoms with Gasteiger partial charge in [-0.1, -0.05) is 24.3 Å². The van der Waals surface area contributed by atoms with E-state index < -0.39 is 0 Å². The molecule has 0 radical (unpaired) electrons. The van der Waals surface area contributed by atoms with E-state index in [9.17, 15) is 0 Å². The number of halogens is 1. The molecule has 5 heteroatoms. The first-order valence-electron chi connectivity index (χ1n) is 4.80. The van der Waals surface area contributed by atoms with E-state index in [2.05, 4.69) is 0 Å². The van der Waals surface area contributed by atoms with Gasteiger partial charge >= 0.3 is 0 Å². The number of fused-ring (bicyclic) bond motifs is 1. The summed E-state index contributed by atoms with van der Waals surface area (Å²) in [5.41, 5.74) is 12.2. The molecule has 0 fully saturated rings. The highest BCUT2D eigenvalue weighted by molar-refractivity contribution is 6.02. The molecule has 0 unspecified atom stereocenters. The van der Waals surface area contributed by atoms with Crippen molar-refractivity contribution < 1.29 is 0 Å². The zero-order chi connectivity index (χ0) is 11.7. The monoisotopic (exact) mass is 248 g/mol. The smallest absolute Gasteiger partial charge is 0.122 e. The van der Waals surface area contributed by atoms with Gasteiger partial charge in [-0.05, 0) is 22.9 Å². The molecule has 2 aromatic carbocycles. The third-order valence-corrected chi connectivity index (χ3v) is 2.46. The van der Waals surface area contributed by atoms with Crippen molar-refractivity contribution in [1.29, 1.82) is 10.8 Å². The SMILES string of the molecule is Cl.N=C(N)c1ccc2cc(C(=N)N)ccc2c1. The molecule has 6 N–H and O–H groups in total. The van der Waals surface area contributed by atoms with Crippen LogP contribution in [-0.4, -0.2) is 11.7 Å². The van der Waals surface area contributed by atoms with E-state index in [4.69, 9.17) is 22.3 Å². The molecule has 88 valence electrons. The molecular weight excluding hydrogens is 236 g/mol. The van der Waals surface area contributed by atoms with Crippen molar-refractivity contribution in [1.82, 2.24) is 0 Å². The molecule has 2 aromatic rings. The van der Waals surface area contributed by atoms with E-state index in [1.807, 2.05) is 24.3 Å². The molecule has 4 nitrogen and oxygen atoms in total. The van der Waals surface area contributed by atoms with Gasteiger partial charge in [0, 0.05) is 11.1 Å². The minimum absolute atomic E-state index is 0. The van der Waals surface area contributed by atoms with Crippen LogP contribution < -0.4 is 11.5 Å². The number of rotatable bonds is 2. The van der Waals surface area contributed by atoms with Gasteiger partial charge in [0.15, 0.2) is 0 Å². The molecule has 0 bridgehead atoms. The lowest BCUT2D eigenvalue weighted by atomic mass is 10.0. The van der Waals surface area contributed by atoms with Gasteiger partial charge in [-0.15, -0.1) is 12.4 Å². The number of hydrogen-bond acceptors (Lipinski definition) is 2. The predicted molar refractivity (Wildman–Crippen MR) is 73.2 cm³/mol. The lowest BCUT2D eigenvalue weighted by Crippen LogP contribution is -2.11. The molecule has 0 amide bonds. The average molecular weight is 249 g/mol. The molecule has 2 rings (SSSR count). The lowest BCUT2D eigenvalue weighted by Gasteiger charge is -2.04. The van der Waals surface area contributed by atoms with Crippen LogP contribution in [0.25, 0.3) is 10.8 Å². The van der Waals surface area contributed by atoms with Crippen molar-refractivity contribution >= 4 is 34.9 Å². The Labute approximate surface area is 105 Å². The Morgan fingerprint density at radius 2 is 1.12 bits per heavy atom. The minimum atomic E-state index is 0. The van der Waals surface area contributed by atoms with E-state index in [0.29, 0.717) is 11.1 Å². The van der Waals surface area contributed by atoms with Crippen molar-refractivity contribution in [2.24, 2.45) is 11.5 Å². The van der Waals surface area contributed by atoms with E-state index >= 15 is 0 Å². The maximum Gasteiger partial charge on any atom is 0.122 e. The van der Waals surface area contributed by atoms with Gasteiger partial charge in [-0.3, -0.25) is 10.8 Å². The second kappa shape index (κ2) is 4.84. The third kappa shape index (κ3) is 2.54. The first-order valence-corrected chi connectivity index (χ1v) is 4.80. The maximum atomic E-state index is 7.34. The zero-order valence-electron chi connectivity index (χ0n) is 9.03. The van der Waals surface area contributed by atoms with Gasteiger partial charge in [0.25, 0.3) is 0 Å². The average Bonchev–Trinajstić information content (AvgIpc) is 2.27. The van der Waals surface area contributed by atoms with Crippen LogP contribution in [0.4, 0.5) is 0 Å². The molecule has 0 saturated heterocycles. The summed E-state index contributed by atoms with van der Waals surface area (Å²) in [6, 6.07) is 11.0. The summed E-state index contributed by atoms with van der Waals surface area (Å²) in [6.45, 7) is 0. The molecule has 0 saturated carbocycles. The van der Waals surface area contributed by atoms with Crippen molar-refractivity contribution in [3.63, 3.8) is 0 Å². The normalized spacial score (nSPS) is 9.65. The van der Waals surface area contributed by atoms with Gasteiger partial charge in [0.2, 0.25) is 0 Å². The highest BCUT2D eigenvalue weighted by atomic mass is 35.5. The number of nitrogens with two attached hydrogens (primary N) is 2. The van der Waals surface area contributed by atoms with E-state index in [0.717, 1.165) is 10.8 Å². The Hall–Kier alpha value is -2.07. The van der Waals surface area contributed by atoms with Crippen LogP contribution in [0, 0.1) is 10.8 Å². The van der Waals surface area contributed by atoms with Crippen molar-refractivity contribution in [3.8, 4) is 0 Å². The standard InChI is InChI=1S/C12H12N4.ClH/c13-11(14)9-3-1-7-5-10(12(15)16)4-2-8(7)6-9;/h1-6H,(H3,13,14)(H3,15,16);1H. The van der Waals surface area contributed by atoms with Crippen LogP contribution in [0.1, 0.15) is 11.1 Å². The van der Waals surface area contributed by atoms with Gasteiger partial charge in [0.1, 0.15) is 11.7 Å². The molecule has 0 aliphatic heterocycles. The number of nitrogens with one attached hydrogen (secondary N) is 2. The fraction of sp³-hybridized carbons (Fsp3) is 0. The number of amidine groups is 2. The molecule has 0 heterocycles. The maximum absolute atomic E-state index is 7.34.